The molecule has 1 rings (SSSR count). The number of aryl methyl sites for hydroxylation is 2. The van der Waals surface area contributed by atoms with E-state index in [0.29, 0.717) is 6.42 Å². The monoisotopic (exact) mass is 402 g/mol. The fourth-order valence-corrected chi connectivity index (χ4v) is 1.17. The van der Waals surface area contributed by atoms with Crippen molar-refractivity contribution in [2.45, 2.75) is 20.3 Å². The summed E-state index contributed by atoms with van der Waals surface area (Å²) in [5.74, 6) is 0. The van der Waals surface area contributed by atoms with Gasteiger partial charge < -0.3 is 12.4 Å². The van der Waals surface area contributed by atoms with Crippen LogP contribution in [0.25, 0.3) is 0 Å². The Morgan fingerprint density at radius 1 is 1.33 bits per heavy atom. The molecule has 0 amide bonds. The standard InChI is InChI=1S/C12H14N.ClH.Pt/c1-4-5-9-13-12-10(2)7-6-8-11(12)3;;/h4,6-8H,1,5H2,2-3H3;1H;/p-1. The molecule has 0 atom stereocenters. The van der Waals surface area contributed by atoms with Gasteiger partial charge in [0.05, 0.1) is 11.9 Å². The van der Waals surface area contributed by atoms with Crippen LogP contribution < -0.4 is 12.4 Å². The Morgan fingerprint density at radius 2 is 1.87 bits per heavy atom. The summed E-state index contributed by atoms with van der Waals surface area (Å²) in [6, 6.07) is 6.15. The van der Waals surface area contributed by atoms with Gasteiger partial charge in [-0.3, -0.25) is 4.99 Å². The molecule has 0 aliphatic carbocycles. The number of halogens is 1. The first-order valence-electron chi connectivity index (χ1n) is 4.36. The van der Waals surface area contributed by atoms with E-state index in [1.165, 1.54) is 11.1 Å². The Balaban J connectivity index is 0. The van der Waals surface area contributed by atoms with Crippen LogP contribution in [-0.4, -0.2) is 6.21 Å². The number of benzene rings is 1. The van der Waals surface area contributed by atoms with Gasteiger partial charge in [0.25, 0.3) is 0 Å². The molecule has 1 radical (unpaired) electrons. The van der Waals surface area contributed by atoms with Gasteiger partial charge in [0.1, 0.15) is 0 Å². The molecule has 1 nitrogen and oxygen atoms in total. The van der Waals surface area contributed by atoms with E-state index in [0.717, 1.165) is 5.69 Å². The van der Waals surface area contributed by atoms with Crippen LogP contribution in [0.4, 0.5) is 5.69 Å². The van der Waals surface area contributed by atoms with Crippen molar-refractivity contribution in [3.05, 3.63) is 42.0 Å². The fraction of sp³-hybridized carbons (Fsp3) is 0.250. The third-order valence-electron chi connectivity index (χ3n) is 1.87. The van der Waals surface area contributed by atoms with Crippen LogP contribution >= 0.6 is 0 Å². The van der Waals surface area contributed by atoms with E-state index in [2.05, 4.69) is 43.8 Å². The quantitative estimate of drug-likeness (QED) is 0.514. The van der Waals surface area contributed by atoms with E-state index in [4.69, 9.17) is 0 Å². The predicted molar refractivity (Wildman–Crippen MR) is 57.8 cm³/mol. The van der Waals surface area contributed by atoms with Crippen LogP contribution in [0.5, 0.6) is 0 Å². The molecule has 3 heteroatoms. The molecule has 0 aliphatic heterocycles. The van der Waals surface area contributed by atoms with Crippen LogP contribution in [0.3, 0.4) is 0 Å². The molecule has 1 aromatic carbocycles. The maximum Gasteiger partial charge on any atom is 0.0692 e. The average molecular weight is 403 g/mol. The van der Waals surface area contributed by atoms with Crippen LogP contribution in [0.1, 0.15) is 17.5 Å². The van der Waals surface area contributed by atoms with Gasteiger partial charge >= 0.3 is 0 Å². The third-order valence-corrected chi connectivity index (χ3v) is 1.87. The first-order chi connectivity index (χ1) is 6.25. The molecule has 0 spiro atoms. The van der Waals surface area contributed by atoms with Gasteiger partial charge in [-0.1, -0.05) is 24.3 Å². The van der Waals surface area contributed by atoms with Crippen LogP contribution in [-0.2, 0) is 21.1 Å². The second-order valence-corrected chi connectivity index (χ2v) is 3.00. The van der Waals surface area contributed by atoms with E-state index in [1.807, 2.05) is 6.07 Å². The van der Waals surface area contributed by atoms with E-state index >= 15 is 0 Å². The van der Waals surface area contributed by atoms with Gasteiger partial charge in [-0.15, -0.1) is 6.58 Å². The van der Waals surface area contributed by atoms with E-state index in [-0.39, 0.29) is 33.5 Å². The van der Waals surface area contributed by atoms with Gasteiger partial charge in [0.15, 0.2) is 0 Å². The number of allylic oxidation sites excluding steroid dienone is 1. The molecule has 0 saturated heterocycles. The maximum absolute atomic E-state index is 4.27. The van der Waals surface area contributed by atoms with Gasteiger partial charge in [0.2, 0.25) is 0 Å². The fourth-order valence-electron chi connectivity index (χ4n) is 1.17. The van der Waals surface area contributed by atoms with Crippen LogP contribution in [0.15, 0.2) is 35.8 Å². The van der Waals surface area contributed by atoms with Gasteiger partial charge in [-0.05, 0) is 25.0 Å². The topological polar surface area (TPSA) is 12.4 Å². The average Bonchev–Trinajstić information content (AvgIpc) is 2.10. The largest absolute Gasteiger partial charge is 1.00 e. The summed E-state index contributed by atoms with van der Waals surface area (Å²) in [6.07, 6.45) is 5.43. The molecule has 85 valence electrons. The zero-order chi connectivity index (χ0) is 9.68. The summed E-state index contributed by atoms with van der Waals surface area (Å²) < 4.78 is 0. The number of nitrogens with zero attached hydrogens (tertiary/aromatic N) is 1. The molecule has 15 heavy (non-hydrogen) atoms. The molecular formula is C12H14ClNPt-. The third kappa shape index (κ3) is 5.30. The molecule has 0 aliphatic rings. The molecule has 1 aromatic rings. The maximum atomic E-state index is 4.27. The SMILES string of the molecule is C=CC[C]=Nc1c(C)cccc1C.[Cl-].[Pt]. The number of rotatable bonds is 3. The van der Waals surface area contributed by atoms with E-state index in [1.54, 1.807) is 6.08 Å². The number of para-hydroxylation sites is 1. The number of hydrogen-bond acceptors (Lipinski definition) is 1. The molecule has 0 unspecified atom stereocenters. The minimum Gasteiger partial charge on any atom is -1.00 e. The van der Waals surface area contributed by atoms with Crippen molar-refractivity contribution in [3.8, 4) is 0 Å². The van der Waals surface area contributed by atoms with Crippen LogP contribution in [0, 0.1) is 13.8 Å². The zero-order valence-electron chi connectivity index (χ0n) is 8.87. The summed E-state index contributed by atoms with van der Waals surface area (Å²) in [4.78, 5) is 4.27. The first-order valence-corrected chi connectivity index (χ1v) is 4.36. The second kappa shape index (κ2) is 8.88. The Bertz CT molecular complexity index is 314. The second-order valence-electron chi connectivity index (χ2n) is 3.00. The zero-order valence-corrected chi connectivity index (χ0v) is 11.9. The van der Waals surface area contributed by atoms with Crippen molar-refractivity contribution in [1.29, 1.82) is 0 Å². The predicted octanol–water partition coefficient (Wildman–Crippen LogP) is 0.460. The smallest absolute Gasteiger partial charge is 0.0692 e. The van der Waals surface area contributed by atoms with Gasteiger partial charge in [-0.25, -0.2) is 0 Å². The summed E-state index contributed by atoms with van der Waals surface area (Å²) in [7, 11) is 0. The minimum atomic E-state index is 0. The van der Waals surface area contributed by atoms with Crippen molar-refractivity contribution >= 4 is 11.9 Å². The van der Waals surface area contributed by atoms with Crippen molar-refractivity contribution in [2.24, 2.45) is 4.99 Å². The van der Waals surface area contributed by atoms with Crippen molar-refractivity contribution in [3.63, 3.8) is 0 Å². The van der Waals surface area contributed by atoms with E-state index < -0.39 is 0 Å². The Labute approximate surface area is 112 Å². The molecule has 0 saturated carbocycles. The first kappa shape index (κ1) is 17.0. The van der Waals surface area contributed by atoms with E-state index in [9.17, 15) is 0 Å². The number of aliphatic imine (C=N–C) groups is 1. The molecule has 0 aromatic heterocycles. The summed E-state index contributed by atoms with van der Waals surface area (Å²) >= 11 is 0. The molecule has 0 N–H and O–H groups in total. The van der Waals surface area contributed by atoms with Gasteiger partial charge in [-0.2, -0.15) is 0 Å². The Morgan fingerprint density at radius 3 is 2.33 bits per heavy atom. The Hall–Kier alpha value is -0.392. The van der Waals surface area contributed by atoms with Gasteiger partial charge in [0, 0.05) is 27.5 Å². The normalized spacial score (nSPS) is 9.20. The van der Waals surface area contributed by atoms with Crippen molar-refractivity contribution < 1.29 is 33.5 Å². The summed E-state index contributed by atoms with van der Waals surface area (Å²) in [6.45, 7) is 7.73. The minimum absolute atomic E-state index is 0. The number of hydrogen-bond donors (Lipinski definition) is 0. The Kier molecular flexibility index (Phi) is 10.1. The van der Waals surface area contributed by atoms with Crippen molar-refractivity contribution in [1.82, 2.24) is 0 Å². The van der Waals surface area contributed by atoms with Crippen molar-refractivity contribution in [2.75, 3.05) is 0 Å². The van der Waals surface area contributed by atoms with Crippen LogP contribution in [0.2, 0.25) is 0 Å². The molecule has 0 fully saturated rings. The molecule has 0 bridgehead atoms. The summed E-state index contributed by atoms with van der Waals surface area (Å²) in [5.41, 5.74) is 3.41. The molecule has 0 heterocycles. The molecular weight excluding hydrogens is 389 g/mol. The summed E-state index contributed by atoms with van der Waals surface area (Å²) in [5, 5.41) is 0.